The van der Waals surface area contributed by atoms with Crippen LogP contribution < -0.4 is 10.6 Å². The second kappa shape index (κ2) is 11.9. The van der Waals surface area contributed by atoms with Crippen LogP contribution in [0.1, 0.15) is 25.0 Å². The third-order valence-corrected chi connectivity index (χ3v) is 7.49. The standard InChI is InChI=1S/C28H35N5O7/c1-18-6-4-5-7-22(18)30-26(38)29-20-10-8-19(9-11-20)28(2,3)33-17-21(40-27(33)39)16-31-12-14-32(15-13-31)23(24(34)35)25(36)37/h4-11,21,23H,12-17H2,1-3H3,(H,34,35)(H,36,37)(H2,29,30,38). The van der Waals surface area contributed by atoms with Crippen molar-refractivity contribution in [3.63, 3.8) is 0 Å². The molecule has 3 amide bonds. The molecule has 4 rings (SSSR count). The van der Waals surface area contributed by atoms with E-state index < -0.39 is 29.6 Å². The van der Waals surface area contributed by atoms with Crippen LogP contribution in [0.15, 0.2) is 48.5 Å². The van der Waals surface area contributed by atoms with E-state index in [9.17, 15) is 29.4 Å². The molecular weight excluding hydrogens is 518 g/mol. The van der Waals surface area contributed by atoms with Crippen molar-refractivity contribution in [2.24, 2.45) is 0 Å². The lowest BCUT2D eigenvalue weighted by Gasteiger charge is -2.37. The number of cyclic esters (lactones) is 1. The summed E-state index contributed by atoms with van der Waals surface area (Å²) in [6, 6.07) is 12.9. The molecule has 2 aliphatic rings. The van der Waals surface area contributed by atoms with Crippen LogP contribution in [0, 0.1) is 6.92 Å². The number of benzene rings is 2. The number of urea groups is 1. The highest BCUT2D eigenvalue weighted by atomic mass is 16.6. The van der Waals surface area contributed by atoms with Gasteiger partial charge in [0.1, 0.15) is 6.10 Å². The molecule has 2 saturated heterocycles. The van der Waals surface area contributed by atoms with Gasteiger partial charge in [-0.05, 0) is 50.1 Å². The van der Waals surface area contributed by atoms with Gasteiger partial charge in [0.15, 0.2) is 0 Å². The van der Waals surface area contributed by atoms with Gasteiger partial charge in [-0.25, -0.2) is 19.2 Å². The van der Waals surface area contributed by atoms with E-state index in [1.807, 2.05) is 62.1 Å². The number of ether oxygens (including phenoxy) is 1. The summed E-state index contributed by atoms with van der Waals surface area (Å²) in [6.07, 6.45) is -0.801. The Bertz CT molecular complexity index is 1240. The second-order valence-corrected chi connectivity index (χ2v) is 10.6. The molecule has 214 valence electrons. The number of carbonyl (C=O) groups excluding carboxylic acids is 2. The summed E-state index contributed by atoms with van der Waals surface area (Å²) in [5.74, 6) is -2.75. The Morgan fingerprint density at radius 2 is 1.60 bits per heavy atom. The van der Waals surface area contributed by atoms with E-state index in [-0.39, 0.29) is 12.1 Å². The van der Waals surface area contributed by atoms with Crippen molar-refractivity contribution in [1.82, 2.24) is 14.7 Å². The van der Waals surface area contributed by atoms with Gasteiger partial charge in [0.2, 0.25) is 6.04 Å². The van der Waals surface area contributed by atoms with E-state index in [1.54, 1.807) is 17.0 Å². The Morgan fingerprint density at radius 3 is 2.20 bits per heavy atom. The summed E-state index contributed by atoms with van der Waals surface area (Å²) in [6.45, 7) is 8.15. The molecule has 0 aromatic heterocycles. The Labute approximate surface area is 232 Å². The van der Waals surface area contributed by atoms with Crippen molar-refractivity contribution in [3.05, 3.63) is 59.7 Å². The number of para-hydroxylation sites is 1. The highest BCUT2D eigenvalue weighted by Crippen LogP contribution is 2.33. The van der Waals surface area contributed by atoms with Crippen molar-refractivity contribution in [3.8, 4) is 0 Å². The van der Waals surface area contributed by atoms with Crippen LogP contribution in [0.5, 0.6) is 0 Å². The zero-order valence-corrected chi connectivity index (χ0v) is 22.8. The number of anilines is 2. The Kier molecular flexibility index (Phi) is 8.60. The minimum atomic E-state index is -1.56. The van der Waals surface area contributed by atoms with Gasteiger partial charge in [-0.2, -0.15) is 0 Å². The fourth-order valence-corrected chi connectivity index (χ4v) is 5.10. The van der Waals surface area contributed by atoms with Gasteiger partial charge >= 0.3 is 24.1 Å². The predicted molar refractivity (Wildman–Crippen MR) is 147 cm³/mol. The number of aryl methyl sites for hydroxylation is 1. The number of nitrogens with zero attached hydrogens (tertiary/aromatic N) is 3. The number of carboxylic acid groups (broad SMARTS) is 2. The lowest BCUT2D eigenvalue weighted by Crippen LogP contribution is -2.56. The highest BCUT2D eigenvalue weighted by molar-refractivity contribution is 6.00. The van der Waals surface area contributed by atoms with Gasteiger partial charge in [-0.3, -0.25) is 14.7 Å². The van der Waals surface area contributed by atoms with Crippen LogP contribution >= 0.6 is 0 Å². The minimum Gasteiger partial charge on any atom is -0.480 e. The molecule has 0 radical (unpaired) electrons. The number of carbonyl (C=O) groups is 4. The number of hydrogen-bond acceptors (Lipinski definition) is 7. The first-order chi connectivity index (χ1) is 19.0. The average molecular weight is 554 g/mol. The molecule has 0 saturated carbocycles. The molecule has 1 atom stereocenters. The lowest BCUT2D eigenvalue weighted by molar-refractivity contribution is -0.157. The number of hydrogen-bond donors (Lipinski definition) is 4. The summed E-state index contributed by atoms with van der Waals surface area (Å²) in [4.78, 5) is 53.0. The molecule has 0 aliphatic carbocycles. The Hall–Kier alpha value is -4.16. The quantitative estimate of drug-likeness (QED) is 0.344. The summed E-state index contributed by atoms with van der Waals surface area (Å²) in [7, 11) is 0. The van der Waals surface area contributed by atoms with Crippen LogP contribution in [0.2, 0.25) is 0 Å². The zero-order chi connectivity index (χ0) is 29.0. The number of carboxylic acids is 2. The smallest absolute Gasteiger partial charge is 0.410 e. The third kappa shape index (κ3) is 6.52. The fourth-order valence-electron chi connectivity index (χ4n) is 5.10. The SMILES string of the molecule is Cc1ccccc1NC(=O)Nc1ccc(C(C)(C)N2CC(CN3CCN(C(C(=O)O)C(=O)O)CC3)OC2=O)cc1. The van der Waals surface area contributed by atoms with Crippen LogP contribution in [0.3, 0.4) is 0 Å². The molecule has 2 aromatic rings. The number of nitrogens with one attached hydrogen (secondary N) is 2. The number of aliphatic carboxylic acids is 2. The van der Waals surface area contributed by atoms with E-state index >= 15 is 0 Å². The van der Waals surface area contributed by atoms with Crippen LogP contribution in [0.4, 0.5) is 21.0 Å². The predicted octanol–water partition coefficient (Wildman–Crippen LogP) is 2.85. The molecule has 2 aromatic carbocycles. The van der Waals surface area contributed by atoms with E-state index in [1.165, 1.54) is 4.90 Å². The molecular formula is C28H35N5O7. The average Bonchev–Trinajstić information content (AvgIpc) is 3.27. The maximum Gasteiger partial charge on any atom is 0.410 e. The van der Waals surface area contributed by atoms with E-state index in [0.717, 1.165) is 16.8 Å². The normalized spacial score (nSPS) is 18.4. The maximum absolute atomic E-state index is 12.8. The topological polar surface area (TPSA) is 152 Å². The molecule has 40 heavy (non-hydrogen) atoms. The van der Waals surface area contributed by atoms with Crippen molar-refractivity contribution in [2.75, 3.05) is 49.9 Å². The van der Waals surface area contributed by atoms with Gasteiger partial charge in [-0.15, -0.1) is 0 Å². The molecule has 1 unspecified atom stereocenters. The highest BCUT2D eigenvalue weighted by Gasteiger charge is 2.42. The second-order valence-electron chi connectivity index (χ2n) is 10.6. The molecule has 0 bridgehead atoms. The number of amides is 3. The van der Waals surface area contributed by atoms with Crippen LogP contribution in [-0.2, 0) is 19.9 Å². The molecule has 4 N–H and O–H groups in total. The molecule has 2 heterocycles. The van der Waals surface area contributed by atoms with Crippen molar-refractivity contribution < 1.29 is 34.1 Å². The number of rotatable bonds is 9. The van der Waals surface area contributed by atoms with Crippen molar-refractivity contribution in [1.29, 1.82) is 0 Å². The van der Waals surface area contributed by atoms with Gasteiger partial charge in [0.05, 0.1) is 12.1 Å². The largest absolute Gasteiger partial charge is 0.480 e. The monoisotopic (exact) mass is 553 g/mol. The molecule has 12 nitrogen and oxygen atoms in total. The van der Waals surface area contributed by atoms with E-state index in [2.05, 4.69) is 10.6 Å². The van der Waals surface area contributed by atoms with E-state index in [0.29, 0.717) is 45.0 Å². The van der Waals surface area contributed by atoms with Gasteiger partial charge in [0, 0.05) is 44.1 Å². The first kappa shape index (κ1) is 28.8. The summed E-state index contributed by atoms with van der Waals surface area (Å²) in [5, 5.41) is 24.1. The minimum absolute atomic E-state index is 0.294. The van der Waals surface area contributed by atoms with Gasteiger partial charge < -0.3 is 25.6 Å². The van der Waals surface area contributed by atoms with Crippen LogP contribution in [0.25, 0.3) is 0 Å². The molecule has 2 aliphatic heterocycles. The zero-order valence-electron chi connectivity index (χ0n) is 22.8. The summed E-state index contributed by atoms with van der Waals surface area (Å²) < 4.78 is 5.66. The third-order valence-electron chi connectivity index (χ3n) is 7.49. The van der Waals surface area contributed by atoms with E-state index in [4.69, 9.17) is 4.74 Å². The fraction of sp³-hybridized carbons (Fsp3) is 0.429. The first-order valence-electron chi connectivity index (χ1n) is 13.1. The molecule has 12 heteroatoms. The summed E-state index contributed by atoms with van der Waals surface area (Å²) >= 11 is 0. The molecule has 2 fully saturated rings. The Morgan fingerprint density at radius 1 is 0.975 bits per heavy atom. The summed E-state index contributed by atoms with van der Waals surface area (Å²) in [5.41, 5.74) is 2.49. The Balaban J connectivity index is 1.31. The number of piperazine rings is 1. The van der Waals surface area contributed by atoms with Crippen LogP contribution in [-0.4, -0.2) is 100 Å². The van der Waals surface area contributed by atoms with Gasteiger partial charge in [-0.1, -0.05) is 30.3 Å². The first-order valence-corrected chi connectivity index (χ1v) is 13.1. The van der Waals surface area contributed by atoms with Crippen molar-refractivity contribution >= 4 is 35.4 Å². The molecule has 0 spiro atoms. The lowest BCUT2D eigenvalue weighted by atomic mass is 9.92. The van der Waals surface area contributed by atoms with Crippen molar-refractivity contribution in [2.45, 2.75) is 38.5 Å². The maximum atomic E-state index is 12.8. The van der Waals surface area contributed by atoms with Gasteiger partial charge in [0.25, 0.3) is 0 Å².